The van der Waals surface area contributed by atoms with Crippen LogP contribution in [0.1, 0.15) is 41.6 Å². The molecule has 0 radical (unpaired) electrons. The summed E-state index contributed by atoms with van der Waals surface area (Å²) in [5, 5.41) is 5.84. The van der Waals surface area contributed by atoms with Gasteiger partial charge in [-0.3, -0.25) is 9.59 Å². The molecule has 0 unspecified atom stereocenters. The van der Waals surface area contributed by atoms with Crippen LogP contribution < -0.4 is 16.4 Å². The minimum Gasteiger partial charge on any atom is -0.469 e. The summed E-state index contributed by atoms with van der Waals surface area (Å²) in [5.41, 5.74) is 7.59. The van der Waals surface area contributed by atoms with Gasteiger partial charge in [0, 0.05) is 5.02 Å². The first-order valence-corrected chi connectivity index (χ1v) is 9.41. The first-order valence-electron chi connectivity index (χ1n) is 9.04. The van der Waals surface area contributed by atoms with Crippen LogP contribution in [-0.2, 0) is 14.3 Å². The number of benzene rings is 2. The molecule has 2 atom stereocenters. The van der Waals surface area contributed by atoms with E-state index >= 15 is 0 Å². The largest absolute Gasteiger partial charge is 0.469 e. The Morgan fingerprint density at radius 1 is 0.966 bits per heavy atom. The number of urea groups is 1. The van der Waals surface area contributed by atoms with Crippen molar-refractivity contribution in [1.82, 2.24) is 10.6 Å². The summed E-state index contributed by atoms with van der Waals surface area (Å²) < 4.78 is 4.74. The van der Waals surface area contributed by atoms with Crippen LogP contribution in [0.4, 0.5) is 4.79 Å². The van der Waals surface area contributed by atoms with E-state index in [4.69, 9.17) is 22.1 Å². The number of nitrogens with one attached hydrogen (secondary N) is 2. The molecule has 0 fully saturated rings. The van der Waals surface area contributed by atoms with E-state index < -0.39 is 24.1 Å². The van der Waals surface area contributed by atoms with Crippen molar-refractivity contribution >= 4 is 29.5 Å². The van der Waals surface area contributed by atoms with Gasteiger partial charge in [-0.2, -0.15) is 0 Å². The first kappa shape index (κ1) is 22.2. The van der Waals surface area contributed by atoms with E-state index in [9.17, 15) is 14.4 Å². The number of carbonyl (C=O) groups is 3. The van der Waals surface area contributed by atoms with Crippen molar-refractivity contribution in [3.8, 4) is 0 Å². The summed E-state index contributed by atoms with van der Waals surface area (Å²) in [7, 11) is 1.28. The smallest absolute Gasteiger partial charge is 0.312 e. The van der Waals surface area contributed by atoms with Crippen LogP contribution in [0.5, 0.6) is 0 Å². The SMILES string of the molecule is COC(=O)C[C@@H](NC(=O)C[C@H](NC(N)=O)c1ccccc1C)c1ccccc1Cl. The summed E-state index contributed by atoms with van der Waals surface area (Å²) in [4.78, 5) is 36.1. The molecule has 0 aliphatic carbocycles. The average Bonchev–Trinajstić information content (AvgIpc) is 2.67. The molecule has 0 saturated heterocycles. The number of hydrogen-bond donors (Lipinski definition) is 3. The number of amides is 3. The lowest BCUT2D eigenvalue weighted by molar-refractivity contribution is -0.141. The molecular weight excluding hydrogens is 394 g/mol. The molecule has 0 saturated carbocycles. The van der Waals surface area contributed by atoms with Gasteiger partial charge in [-0.15, -0.1) is 0 Å². The summed E-state index contributed by atoms with van der Waals surface area (Å²) in [6, 6.07) is 12.3. The molecular formula is C21H24ClN3O4. The first-order chi connectivity index (χ1) is 13.8. The predicted octanol–water partition coefficient (Wildman–Crippen LogP) is 3.17. The fourth-order valence-electron chi connectivity index (χ4n) is 3.07. The van der Waals surface area contributed by atoms with E-state index in [1.54, 1.807) is 24.3 Å². The number of methoxy groups -OCH3 is 1. The highest BCUT2D eigenvalue weighted by Gasteiger charge is 2.24. The molecule has 2 rings (SSSR count). The Morgan fingerprint density at radius 2 is 1.55 bits per heavy atom. The third-order valence-corrected chi connectivity index (χ3v) is 4.83. The van der Waals surface area contributed by atoms with Gasteiger partial charge >= 0.3 is 12.0 Å². The van der Waals surface area contributed by atoms with E-state index in [-0.39, 0.29) is 18.7 Å². The molecule has 8 heteroatoms. The second-order valence-electron chi connectivity index (χ2n) is 6.54. The van der Waals surface area contributed by atoms with Crippen LogP contribution in [0.15, 0.2) is 48.5 Å². The van der Waals surface area contributed by atoms with E-state index in [1.165, 1.54) is 7.11 Å². The lowest BCUT2D eigenvalue weighted by Gasteiger charge is -2.23. The molecule has 0 bridgehead atoms. The second-order valence-corrected chi connectivity index (χ2v) is 6.95. The van der Waals surface area contributed by atoms with E-state index in [2.05, 4.69) is 10.6 Å². The van der Waals surface area contributed by atoms with Crippen molar-refractivity contribution in [3.63, 3.8) is 0 Å². The normalized spacial score (nSPS) is 12.5. The van der Waals surface area contributed by atoms with Crippen LogP contribution in [0.25, 0.3) is 0 Å². The zero-order valence-corrected chi connectivity index (χ0v) is 17.0. The van der Waals surface area contributed by atoms with Crippen molar-refractivity contribution in [2.24, 2.45) is 5.73 Å². The minimum absolute atomic E-state index is 0.0596. The Balaban J connectivity index is 2.22. The van der Waals surface area contributed by atoms with Crippen molar-refractivity contribution in [2.45, 2.75) is 31.8 Å². The minimum atomic E-state index is -0.733. The Labute approximate surface area is 174 Å². The number of ether oxygens (including phenoxy) is 1. The highest BCUT2D eigenvalue weighted by atomic mass is 35.5. The molecule has 0 aliphatic heterocycles. The molecule has 0 spiro atoms. The third-order valence-electron chi connectivity index (χ3n) is 4.48. The lowest BCUT2D eigenvalue weighted by Crippen LogP contribution is -2.38. The number of carbonyl (C=O) groups excluding carboxylic acids is 3. The zero-order chi connectivity index (χ0) is 21.4. The second kappa shape index (κ2) is 10.5. The van der Waals surface area contributed by atoms with Crippen molar-refractivity contribution < 1.29 is 19.1 Å². The molecule has 2 aromatic carbocycles. The number of halogens is 1. The van der Waals surface area contributed by atoms with Crippen LogP contribution in [-0.4, -0.2) is 25.0 Å². The molecule has 0 aromatic heterocycles. The highest BCUT2D eigenvalue weighted by molar-refractivity contribution is 6.31. The van der Waals surface area contributed by atoms with Gasteiger partial charge < -0.3 is 21.1 Å². The summed E-state index contributed by atoms with van der Waals surface area (Å²) >= 11 is 6.24. The van der Waals surface area contributed by atoms with Gasteiger partial charge in [-0.05, 0) is 29.7 Å². The Hall–Kier alpha value is -3.06. The third kappa shape index (κ3) is 6.50. The maximum atomic E-state index is 12.8. The number of rotatable bonds is 8. The van der Waals surface area contributed by atoms with Gasteiger partial charge in [0.15, 0.2) is 0 Å². The number of esters is 1. The van der Waals surface area contributed by atoms with Crippen LogP contribution in [0.3, 0.4) is 0 Å². The van der Waals surface area contributed by atoms with Crippen molar-refractivity contribution in [1.29, 1.82) is 0 Å². The van der Waals surface area contributed by atoms with Crippen molar-refractivity contribution in [3.05, 3.63) is 70.2 Å². The van der Waals surface area contributed by atoms with Crippen molar-refractivity contribution in [2.75, 3.05) is 7.11 Å². The molecule has 0 aliphatic rings. The Kier molecular flexibility index (Phi) is 8.03. The van der Waals surface area contributed by atoms with Crippen LogP contribution in [0, 0.1) is 6.92 Å². The van der Waals surface area contributed by atoms with Gasteiger partial charge in [0.1, 0.15) is 0 Å². The molecule has 29 heavy (non-hydrogen) atoms. The van der Waals surface area contributed by atoms with Crippen LogP contribution in [0.2, 0.25) is 5.02 Å². The van der Waals surface area contributed by atoms with Gasteiger partial charge in [-0.1, -0.05) is 54.1 Å². The predicted molar refractivity (Wildman–Crippen MR) is 110 cm³/mol. The van der Waals surface area contributed by atoms with Gasteiger partial charge in [0.2, 0.25) is 5.91 Å². The summed E-state index contributed by atoms with van der Waals surface area (Å²) in [6.45, 7) is 1.88. The molecule has 2 aromatic rings. The highest BCUT2D eigenvalue weighted by Crippen LogP contribution is 2.27. The molecule has 7 nitrogen and oxygen atoms in total. The average molecular weight is 418 g/mol. The maximum absolute atomic E-state index is 12.8. The standard InChI is InChI=1S/C21H24ClN3O4/c1-13-7-3-4-8-14(13)17(25-21(23)28)11-19(26)24-18(12-20(27)29-2)15-9-5-6-10-16(15)22/h3-10,17-18H,11-12H2,1-2H3,(H,24,26)(H3,23,25,28)/t17-,18+/m0/s1. The monoisotopic (exact) mass is 417 g/mol. The van der Waals surface area contributed by atoms with Gasteiger partial charge in [-0.25, -0.2) is 4.79 Å². The van der Waals surface area contributed by atoms with Gasteiger partial charge in [0.25, 0.3) is 0 Å². The molecule has 0 heterocycles. The fraction of sp³-hybridized carbons (Fsp3) is 0.286. The summed E-state index contributed by atoms with van der Waals surface area (Å²) in [5.74, 6) is -0.859. The number of primary amides is 1. The molecule has 4 N–H and O–H groups in total. The summed E-state index contributed by atoms with van der Waals surface area (Å²) in [6.07, 6.45) is -0.139. The fourth-order valence-corrected chi connectivity index (χ4v) is 3.34. The van der Waals surface area contributed by atoms with Gasteiger partial charge in [0.05, 0.1) is 32.0 Å². The lowest BCUT2D eigenvalue weighted by atomic mass is 9.97. The number of hydrogen-bond acceptors (Lipinski definition) is 4. The maximum Gasteiger partial charge on any atom is 0.312 e. The van der Waals surface area contributed by atoms with E-state index in [0.717, 1.165) is 11.1 Å². The topological polar surface area (TPSA) is 111 Å². The van der Waals surface area contributed by atoms with Crippen LogP contribution >= 0.6 is 11.6 Å². The quantitative estimate of drug-likeness (QED) is 0.573. The van der Waals surface area contributed by atoms with E-state index in [0.29, 0.717) is 10.6 Å². The Bertz CT molecular complexity index is 888. The molecule has 3 amide bonds. The number of aryl methyl sites for hydroxylation is 1. The Morgan fingerprint density at radius 3 is 2.14 bits per heavy atom. The van der Waals surface area contributed by atoms with E-state index in [1.807, 2.05) is 31.2 Å². The zero-order valence-electron chi connectivity index (χ0n) is 16.3. The number of nitrogens with two attached hydrogens (primary N) is 1. The molecule has 154 valence electrons.